The lowest BCUT2D eigenvalue weighted by atomic mass is 10.2. The van der Waals surface area contributed by atoms with Gasteiger partial charge >= 0.3 is 5.97 Å². The number of rotatable bonds is 4. The number of carbonyl (C=O) groups is 1. The summed E-state index contributed by atoms with van der Waals surface area (Å²) in [6, 6.07) is 5.89. The molecule has 0 saturated carbocycles. The van der Waals surface area contributed by atoms with Crippen LogP contribution in [0.2, 0.25) is 0 Å². The summed E-state index contributed by atoms with van der Waals surface area (Å²) in [5.74, 6) is 0.487. The van der Waals surface area contributed by atoms with Crippen LogP contribution in [0.3, 0.4) is 0 Å². The minimum Gasteiger partial charge on any atom is -0.490 e. The van der Waals surface area contributed by atoms with Crippen molar-refractivity contribution in [1.29, 1.82) is 0 Å². The summed E-state index contributed by atoms with van der Waals surface area (Å²) in [6.45, 7) is 3.98. The van der Waals surface area contributed by atoms with E-state index in [0.717, 1.165) is 21.5 Å². The smallest absolute Gasteiger partial charge is 0.348 e. The molecule has 0 bridgehead atoms. The number of esters is 1. The third-order valence-electron chi connectivity index (χ3n) is 2.85. The molecule has 0 fully saturated rings. The van der Waals surface area contributed by atoms with Crippen molar-refractivity contribution in [2.75, 3.05) is 26.1 Å². The Balaban J connectivity index is 2.60. The first-order chi connectivity index (χ1) is 9.42. The number of ether oxygens (including phenoxy) is 2. The van der Waals surface area contributed by atoms with Crippen LogP contribution in [0.4, 0.5) is 5.69 Å². The SMILES string of the molecule is COC(=O)c1cc2c(OC(C)C)cc(N(C)C)cc2s1. The van der Waals surface area contributed by atoms with E-state index in [9.17, 15) is 4.79 Å². The molecular formula is C15H19NO3S. The van der Waals surface area contributed by atoms with E-state index in [1.165, 1.54) is 18.4 Å². The summed E-state index contributed by atoms with van der Waals surface area (Å²) < 4.78 is 11.7. The highest BCUT2D eigenvalue weighted by atomic mass is 32.1. The molecule has 20 heavy (non-hydrogen) atoms. The Labute approximate surface area is 122 Å². The molecule has 0 saturated heterocycles. The van der Waals surface area contributed by atoms with Crippen LogP contribution < -0.4 is 9.64 Å². The molecule has 0 N–H and O–H groups in total. The first-order valence-corrected chi connectivity index (χ1v) is 7.24. The number of thiophene rings is 1. The molecule has 0 spiro atoms. The van der Waals surface area contributed by atoms with Gasteiger partial charge in [0.15, 0.2) is 0 Å². The molecule has 5 heteroatoms. The third kappa shape index (κ3) is 2.88. The summed E-state index contributed by atoms with van der Waals surface area (Å²) in [7, 11) is 5.35. The van der Waals surface area contributed by atoms with Crippen molar-refractivity contribution in [2.24, 2.45) is 0 Å². The lowest BCUT2D eigenvalue weighted by Crippen LogP contribution is -2.10. The first kappa shape index (κ1) is 14.7. The monoisotopic (exact) mass is 293 g/mol. The molecule has 4 nitrogen and oxygen atoms in total. The predicted octanol–water partition coefficient (Wildman–Crippen LogP) is 3.54. The lowest BCUT2D eigenvalue weighted by Gasteiger charge is -2.16. The van der Waals surface area contributed by atoms with Crippen molar-refractivity contribution >= 4 is 33.1 Å². The number of fused-ring (bicyclic) bond motifs is 1. The van der Waals surface area contributed by atoms with E-state index in [1.54, 1.807) is 0 Å². The second-order valence-corrected chi connectivity index (χ2v) is 6.10. The molecule has 0 aliphatic rings. The van der Waals surface area contributed by atoms with Gasteiger partial charge in [0.05, 0.1) is 13.2 Å². The summed E-state index contributed by atoms with van der Waals surface area (Å²) in [4.78, 5) is 14.3. The lowest BCUT2D eigenvalue weighted by molar-refractivity contribution is 0.0606. The van der Waals surface area contributed by atoms with Crippen molar-refractivity contribution < 1.29 is 14.3 Å². The highest BCUT2D eigenvalue weighted by Gasteiger charge is 2.15. The largest absolute Gasteiger partial charge is 0.490 e. The van der Waals surface area contributed by atoms with Crippen molar-refractivity contribution in [3.05, 3.63) is 23.1 Å². The van der Waals surface area contributed by atoms with Gasteiger partial charge in [0.2, 0.25) is 0 Å². The highest BCUT2D eigenvalue weighted by molar-refractivity contribution is 7.20. The Morgan fingerprint density at radius 3 is 2.50 bits per heavy atom. The van der Waals surface area contributed by atoms with Gasteiger partial charge in [-0.3, -0.25) is 0 Å². The Hall–Kier alpha value is -1.75. The van der Waals surface area contributed by atoms with E-state index in [2.05, 4.69) is 6.07 Å². The third-order valence-corrected chi connectivity index (χ3v) is 3.91. The van der Waals surface area contributed by atoms with Gasteiger partial charge in [-0.05, 0) is 26.0 Å². The number of benzene rings is 1. The van der Waals surface area contributed by atoms with E-state index in [4.69, 9.17) is 9.47 Å². The minimum atomic E-state index is -0.312. The van der Waals surface area contributed by atoms with E-state index in [1.807, 2.05) is 45.0 Å². The molecule has 1 aromatic carbocycles. The number of carbonyl (C=O) groups excluding carboxylic acids is 1. The molecule has 0 radical (unpaired) electrons. The average molecular weight is 293 g/mol. The predicted molar refractivity (Wildman–Crippen MR) is 83.3 cm³/mol. The topological polar surface area (TPSA) is 38.8 Å². The number of nitrogens with zero attached hydrogens (tertiary/aromatic N) is 1. The Morgan fingerprint density at radius 2 is 1.95 bits per heavy atom. The molecule has 0 unspecified atom stereocenters. The standard InChI is InChI=1S/C15H19NO3S/c1-9(2)19-12-6-10(16(3)4)7-13-11(12)8-14(20-13)15(17)18-5/h6-9H,1-5H3. The molecule has 2 aromatic rings. The van der Waals surface area contributed by atoms with Gasteiger partial charge in [-0.25, -0.2) is 4.79 Å². The van der Waals surface area contributed by atoms with Crippen LogP contribution in [0, 0.1) is 0 Å². The molecule has 0 atom stereocenters. The maximum atomic E-state index is 11.7. The maximum absolute atomic E-state index is 11.7. The van der Waals surface area contributed by atoms with Crippen molar-refractivity contribution in [1.82, 2.24) is 0 Å². The van der Waals surface area contributed by atoms with Crippen LogP contribution in [0.1, 0.15) is 23.5 Å². The molecule has 0 aliphatic heterocycles. The fourth-order valence-electron chi connectivity index (χ4n) is 1.90. The van der Waals surface area contributed by atoms with Gasteiger partial charge in [0.25, 0.3) is 0 Å². The van der Waals surface area contributed by atoms with Gasteiger partial charge in [0, 0.05) is 35.9 Å². The van der Waals surface area contributed by atoms with Crippen molar-refractivity contribution in [2.45, 2.75) is 20.0 Å². The summed E-state index contributed by atoms with van der Waals surface area (Å²) >= 11 is 1.42. The Bertz CT molecular complexity index is 631. The van der Waals surface area contributed by atoms with Gasteiger partial charge < -0.3 is 14.4 Å². The van der Waals surface area contributed by atoms with Crippen LogP contribution in [-0.4, -0.2) is 33.3 Å². The summed E-state index contributed by atoms with van der Waals surface area (Å²) in [5, 5.41) is 0.953. The zero-order chi connectivity index (χ0) is 14.9. The van der Waals surface area contributed by atoms with E-state index < -0.39 is 0 Å². The zero-order valence-electron chi connectivity index (χ0n) is 12.4. The molecule has 1 aromatic heterocycles. The van der Waals surface area contributed by atoms with Crippen molar-refractivity contribution in [3.8, 4) is 5.75 Å². The quantitative estimate of drug-likeness (QED) is 0.808. The number of methoxy groups -OCH3 is 1. The van der Waals surface area contributed by atoms with Gasteiger partial charge in [0.1, 0.15) is 10.6 Å². The molecule has 2 rings (SSSR count). The zero-order valence-corrected chi connectivity index (χ0v) is 13.2. The second-order valence-electron chi connectivity index (χ2n) is 5.02. The van der Waals surface area contributed by atoms with E-state index in [0.29, 0.717) is 4.88 Å². The molecule has 1 heterocycles. The number of hydrogen-bond acceptors (Lipinski definition) is 5. The van der Waals surface area contributed by atoms with Crippen LogP contribution in [0.15, 0.2) is 18.2 Å². The van der Waals surface area contributed by atoms with Crippen LogP contribution >= 0.6 is 11.3 Å². The van der Waals surface area contributed by atoms with Crippen LogP contribution in [0.5, 0.6) is 5.75 Å². The fourth-order valence-corrected chi connectivity index (χ4v) is 2.93. The van der Waals surface area contributed by atoms with E-state index in [-0.39, 0.29) is 12.1 Å². The molecule has 0 aliphatic carbocycles. The normalized spacial score (nSPS) is 10.9. The van der Waals surface area contributed by atoms with Gasteiger partial charge in [-0.2, -0.15) is 0 Å². The number of hydrogen-bond donors (Lipinski definition) is 0. The van der Waals surface area contributed by atoms with E-state index >= 15 is 0 Å². The van der Waals surface area contributed by atoms with Crippen LogP contribution in [-0.2, 0) is 4.74 Å². The maximum Gasteiger partial charge on any atom is 0.348 e. The molecule has 0 amide bonds. The van der Waals surface area contributed by atoms with Crippen LogP contribution in [0.25, 0.3) is 10.1 Å². The second kappa shape index (κ2) is 5.71. The Morgan fingerprint density at radius 1 is 1.25 bits per heavy atom. The average Bonchev–Trinajstić information content (AvgIpc) is 2.81. The minimum absolute atomic E-state index is 0.0806. The molecular weight excluding hydrogens is 274 g/mol. The Kier molecular flexibility index (Phi) is 4.18. The van der Waals surface area contributed by atoms with Crippen molar-refractivity contribution in [3.63, 3.8) is 0 Å². The van der Waals surface area contributed by atoms with Gasteiger partial charge in [-0.1, -0.05) is 0 Å². The van der Waals surface area contributed by atoms with Gasteiger partial charge in [-0.15, -0.1) is 11.3 Å². The fraction of sp³-hybridized carbons (Fsp3) is 0.400. The first-order valence-electron chi connectivity index (χ1n) is 6.42. The molecule has 108 valence electrons. The summed E-state index contributed by atoms with van der Waals surface area (Å²) in [6.07, 6.45) is 0.0806. The number of anilines is 1. The highest BCUT2D eigenvalue weighted by Crippen LogP contribution is 2.37. The summed E-state index contributed by atoms with van der Waals surface area (Å²) in [5.41, 5.74) is 1.05.